The first-order chi connectivity index (χ1) is 5.11. The lowest BCUT2D eigenvalue weighted by Gasteiger charge is -2.30. The highest BCUT2D eigenvalue weighted by atomic mass is 35.5. The maximum atomic E-state index is 13.0. The average Bonchev–Trinajstić information content (AvgIpc) is 1.85. The Morgan fingerprint density at radius 1 is 1.54 bits per heavy atom. The van der Waals surface area contributed by atoms with Crippen LogP contribution in [-0.4, -0.2) is 37.1 Å². The van der Waals surface area contributed by atoms with Gasteiger partial charge in [0.2, 0.25) is 5.91 Å². The van der Waals surface area contributed by atoms with Crippen LogP contribution in [0.15, 0.2) is 0 Å². The number of piperidine rings is 1. The standard InChI is InChI=1S/C7H13FN2O.2ClH/c1-10-3-2-5(7(9)11)6(8)4-10;;/h5-6H,2-4H2,1H3,(H2,9,11);2*1H. The van der Waals surface area contributed by atoms with Crippen LogP contribution in [0.3, 0.4) is 0 Å². The maximum absolute atomic E-state index is 13.0. The van der Waals surface area contributed by atoms with Gasteiger partial charge in [0.25, 0.3) is 0 Å². The van der Waals surface area contributed by atoms with E-state index in [1.165, 1.54) is 0 Å². The van der Waals surface area contributed by atoms with Crippen molar-refractivity contribution in [1.82, 2.24) is 4.90 Å². The van der Waals surface area contributed by atoms with Gasteiger partial charge in [-0.2, -0.15) is 0 Å². The van der Waals surface area contributed by atoms with Crippen molar-refractivity contribution in [2.75, 3.05) is 20.1 Å². The molecule has 0 aromatic heterocycles. The summed E-state index contributed by atoms with van der Waals surface area (Å²) in [5.74, 6) is -1.07. The van der Waals surface area contributed by atoms with Crippen molar-refractivity contribution < 1.29 is 9.18 Å². The van der Waals surface area contributed by atoms with Gasteiger partial charge in [0.15, 0.2) is 0 Å². The van der Waals surface area contributed by atoms with Crippen molar-refractivity contribution in [3.8, 4) is 0 Å². The first-order valence-electron chi connectivity index (χ1n) is 3.73. The van der Waals surface area contributed by atoms with Crippen LogP contribution in [0.25, 0.3) is 0 Å². The zero-order valence-corrected chi connectivity index (χ0v) is 9.04. The number of nitrogens with two attached hydrogens (primary N) is 1. The lowest BCUT2D eigenvalue weighted by Crippen LogP contribution is -2.44. The van der Waals surface area contributed by atoms with E-state index in [-0.39, 0.29) is 24.8 Å². The number of alkyl halides is 1. The third-order valence-corrected chi connectivity index (χ3v) is 2.11. The maximum Gasteiger partial charge on any atom is 0.223 e. The van der Waals surface area contributed by atoms with Crippen molar-refractivity contribution in [3.63, 3.8) is 0 Å². The summed E-state index contributed by atoms with van der Waals surface area (Å²) in [5.41, 5.74) is 5.01. The molecule has 0 radical (unpaired) electrons. The van der Waals surface area contributed by atoms with Gasteiger partial charge < -0.3 is 10.6 Å². The summed E-state index contributed by atoms with van der Waals surface area (Å²) in [7, 11) is 1.84. The van der Waals surface area contributed by atoms with E-state index in [1.54, 1.807) is 0 Å². The smallest absolute Gasteiger partial charge is 0.223 e. The Morgan fingerprint density at radius 3 is 2.46 bits per heavy atom. The van der Waals surface area contributed by atoms with Crippen molar-refractivity contribution in [1.29, 1.82) is 0 Å². The van der Waals surface area contributed by atoms with Crippen LogP contribution in [-0.2, 0) is 4.79 Å². The lowest BCUT2D eigenvalue weighted by atomic mass is 9.95. The lowest BCUT2D eigenvalue weighted by molar-refractivity contribution is -0.125. The molecule has 0 aliphatic carbocycles. The van der Waals surface area contributed by atoms with E-state index in [9.17, 15) is 9.18 Å². The first-order valence-corrected chi connectivity index (χ1v) is 3.73. The molecule has 1 aliphatic rings. The van der Waals surface area contributed by atoms with Crippen LogP contribution in [0.1, 0.15) is 6.42 Å². The molecule has 1 saturated heterocycles. The fourth-order valence-electron chi connectivity index (χ4n) is 1.38. The summed E-state index contributed by atoms with van der Waals surface area (Å²) < 4.78 is 13.0. The predicted octanol–water partition coefficient (Wildman–Crippen LogP) is 0.605. The zero-order valence-electron chi connectivity index (χ0n) is 7.40. The Labute approximate surface area is 89.7 Å². The van der Waals surface area contributed by atoms with Gasteiger partial charge >= 0.3 is 0 Å². The largest absolute Gasteiger partial charge is 0.369 e. The Kier molecular flexibility index (Phi) is 7.59. The van der Waals surface area contributed by atoms with Gasteiger partial charge in [0.1, 0.15) is 6.17 Å². The van der Waals surface area contributed by atoms with E-state index in [0.29, 0.717) is 13.0 Å². The molecule has 2 N–H and O–H groups in total. The highest BCUT2D eigenvalue weighted by molar-refractivity contribution is 5.85. The minimum absolute atomic E-state index is 0. The monoisotopic (exact) mass is 232 g/mol. The van der Waals surface area contributed by atoms with Gasteiger partial charge in [-0.05, 0) is 20.0 Å². The molecule has 0 saturated carbocycles. The SMILES string of the molecule is CN1CCC(C(N)=O)C(F)C1.Cl.Cl. The summed E-state index contributed by atoms with van der Waals surface area (Å²) in [4.78, 5) is 12.5. The number of carbonyl (C=O) groups excluding carboxylic acids is 1. The number of rotatable bonds is 1. The normalized spacial score (nSPS) is 28.5. The average molecular weight is 233 g/mol. The van der Waals surface area contributed by atoms with Gasteiger partial charge in [0.05, 0.1) is 5.92 Å². The van der Waals surface area contributed by atoms with Crippen LogP contribution in [0.4, 0.5) is 4.39 Å². The van der Waals surface area contributed by atoms with E-state index in [2.05, 4.69) is 0 Å². The van der Waals surface area contributed by atoms with E-state index in [4.69, 9.17) is 5.73 Å². The van der Waals surface area contributed by atoms with Gasteiger partial charge in [-0.25, -0.2) is 4.39 Å². The number of primary amides is 1. The molecule has 1 fully saturated rings. The summed E-state index contributed by atoms with van der Waals surface area (Å²) in [6.07, 6.45) is -0.529. The van der Waals surface area contributed by atoms with Crippen LogP contribution < -0.4 is 5.73 Å². The molecular formula is C7H15Cl2FN2O. The van der Waals surface area contributed by atoms with Crippen LogP contribution in [0, 0.1) is 5.92 Å². The molecule has 0 aromatic carbocycles. The molecule has 13 heavy (non-hydrogen) atoms. The second-order valence-electron chi connectivity index (χ2n) is 3.08. The van der Waals surface area contributed by atoms with Crippen molar-refractivity contribution >= 4 is 30.7 Å². The molecule has 1 aliphatic heterocycles. The molecule has 3 nitrogen and oxygen atoms in total. The number of amides is 1. The molecular weight excluding hydrogens is 218 g/mol. The molecule has 1 rings (SSSR count). The molecule has 0 bridgehead atoms. The number of halogens is 3. The van der Waals surface area contributed by atoms with Crippen LogP contribution >= 0.6 is 24.8 Å². The Bertz CT molecular complexity index is 171. The number of carbonyl (C=O) groups is 1. The van der Waals surface area contributed by atoms with Crippen molar-refractivity contribution in [2.45, 2.75) is 12.6 Å². The zero-order chi connectivity index (χ0) is 8.43. The fourth-order valence-corrected chi connectivity index (χ4v) is 1.38. The summed E-state index contributed by atoms with van der Waals surface area (Å²) in [6.45, 7) is 1.08. The second-order valence-corrected chi connectivity index (χ2v) is 3.08. The third-order valence-electron chi connectivity index (χ3n) is 2.11. The molecule has 2 atom stereocenters. The summed E-state index contributed by atoms with van der Waals surface area (Å²) >= 11 is 0. The highest BCUT2D eigenvalue weighted by Crippen LogP contribution is 2.18. The fraction of sp³-hybridized carbons (Fsp3) is 0.857. The van der Waals surface area contributed by atoms with Crippen LogP contribution in [0.2, 0.25) is 0 Å². The Morgan fingerprint density at radius 2 is 2.08 bits per heavy atom. The van der Waals surface area contributed by atoms with E-state index >= 15 is 0 Å². The molecule has 1 amide bonds. The predicted molar refractivity (Wildman–Crippen MR) is 54.2 cm³/mol. The summed E-state index contributed by atoms with van der Waals surface area (Å²) in [5, 5.41) is 0. The molecule has 2 unspecified atom stereocenters. The van der Waals surface area contributed by atoms with E-state index in [1.807, 2.05) is 11.9 Å². The first kappa shape index (κ1) is 15.4. The molecule has 6 heteroatoms. The van der Waals surface area contributed by atoms with Gasteiger partial charge in [-0.15, -0.1) is 24.8 Å². The molecule has 1 heterocycles. The summed E-state index contributed by atoms with van der Waals surface area (Å²) in [6, 6.07) is 0. The Hall–Kier alpha value is -0.0600. The third kappa shape index (κ3) is 4.11. The number of hydrogen-bond acceptors (Lipinski definition) is 2. The number of nitrogens with zero attached hydrogens (tertiary/aromatic N) is 1. The minimum Gasteiger partial charge on any atom is -0.369 e. The van der Waals surface area contributed by atoms with Crippen molar-refractivity contribution in [2.24, 2.45) is 11.7 Å². The van der Waals surface area contributed by atoms with Gasteiger partial charge in [0, 0.05) is 6.54 Å². The molecule has 0 aromatic rings. The molecule has 0 spiro atoms. The quantitative estimate of drug-likeness (QED) is 0.721. The number of likely N-dealkylation sites (tertiary alicyclic amines) is 1. The van der Waals surface area contributed by atoms with E-state index < -0.39 is 18.0 Å². The highest BCUT2D eigenvalue weighted by Gasteiger charge is 2.31. The van der Waals surface area contributed by atoms with Crippen LogP contribution in [0.5, 0.6) is 0 Å². The van der Waals surface area contributed by atoms with Crippen molar-refractivity contribution in [3.05, 3.63) is 0 Å². The molecule has 80 valence electrons. The topological polar surface area (TPSA) is 46.3 Å². The number of hydrogen-bond donors (Lipinski definition) is 1. The van der Waals surface area contributed by atoms with E-state index in [0.717, 1.165) is 6.54 Å². The Balaban J connectivity index is 0. The second kappa shape index (κ2) is 6.40. The van der Waals surface area contributed by atoms with Gasteiger partial charge in [-0.3, -0.25) is 4.79 Å². The van der Waals surface area contributed by atoms with Gasteiger partial charge in [-0.1, -0.05) is 0 Å². The minimum atomic E-state index is -1.08.